The molecule has 5 nitrogen and oxygen atoms in total. The molecule has 1 N–H and O–H groups in total. The van der Waals surface area contributed by atoms with E-state index < -0.39 is 0 Å². The van der Waals surface area contributed by atoms with Gasteiger partial charge in [0, 0.05) is 36.6 Å². The SMILES string of the molecule is COc1ccccc1CNc1nc(C)cc(N(C)c2ccccc2)n1. The summed E-state index contributed by atoms with van der Waals surface area (Å²) in [6, 6.07) is 20.0. The molecular formula is C20H22N4O. The smallest absolute Gasteiger partial charge is 0.225 e. The van der Waals surface area contributed by atoms with Crippen LogP contribution in [0.25, 0.3) is 0 Å². The number of rotatable bonds is 6. The number of aromatic nitrogens is 2. The number of hydrogen-bond acceptors (Lipinski definition) is 5. The minimum absolute atomic E-state index is 0.599. The van der Waals surface area contributed by atoms with Gasteiger partial charge in [-0.1, -0.05) is 36.4 Å². The van der Waals surface area contributed by atoms with Gasteiger partial charge in [0.25, 0.3) is 0 Å². The molecule has 0 atom stereocenters. The minimum atomic E-state index is 0.599. The predicted octanol–water partition coefficient (Wildman–Crippen LogP) is 4.17. The number of nitrogens with zero attached hydrogens (tertiary/aromatic N) is 3. The molecule has 0 radical (unpaired) electrons. The Hall–Kier alpha value is -3.08. The van der Waals surface area contributed by atoms with Crippen LogP contribution in [0.5, 0.6) is 5.75 Å². The Labute approximate surface area is 148 Å². The van der Waals surface area contributed by atoms with Gasteiger partial charge in [0.2, 0.25) is 5.95 Å². The van der Waals surface area contributed by atoms with Crippen LogP contribution in [-0.2, 0) is 6.54 Å². The van der Waals surface area contributed by atoms with Gasteiger partial charge in [0.05, 0.1) is 7.11 Å². The summed E-state index contributed by atoms with van der Waals surface area (Å²) in [5.41, 5.74) is 3.06. The van der Waals surface area contributed by atoms with Crippen molar-refractivity contribution in [3.05, 3.63) is 71.9 Å². The Morgan fingerprint density at radius 2 is 1.72 bits per heavy atom. The predicted molar refractivity (Wildman–Crippen MR) is 102 cm³/mol. The van der Waals surface area contributed by atoms with Crippen LogP contribution < -0.4 is 15.0 Å². The Kier molecular flexibility index (Phi) is 5.14. The zero-order valence-electron chi connectivity index (χ0n) is 14.7. The first-order valence-corrected chi connectivity index (χ1v) is 8.17. The van der Waals surface area contributed by atoms with E-state index in [0.717, 1.165) is 28.5 Å². The summed E-state index contributed by atoms with van der Waals surface area (Å²) in [6.45, 7) is 2.57. The van der Waals surface area contributed by atoms with Crippen molar-refractivity contribution in [1.29, 1.82) is 0 Å². The zero-order chi connectivity index (χ0) is 17.6. The largest absolute Gasteiger partial charge is 0.496 e. The van der Waals surface area contributed by atoms with E-state index >= 15 is 0 Å². The maximum absolute atomic E-state index is 5.39. The number of benzene rings is 2. The maximum atomic E-state index is 5.39. The number of nitrogens with one attached hydrogen (secondary N) is 1. The van der Waals surface area contributed by atoms with Crippen molar-refractivity contribution in [3.8, 4) is 5.75 Å². The third-order valence-corrected chi connectivity index (χ3v) is 3.96. The summed E-state index contributed by atoms with van der Waals surface area (Å²) in [6.07, 6.45) is 0. The van der Waals surface area contributed by atoms with Crippen LogP contribution >= 0.6 is 0 Å². The molecule has 0 unspecified atom stereocenters. The van der Waals surface area contributed by atoms with Gasteiger partial charge in [-0.05, 0) is 25.1 Å². The molecule has 0 amide bonds. The second kappa shape index (κ2) is 7.66. The molecule has 1 aromatic heterocycles. The molecule has 0 aliphatic carbocycles. The summed E-state index contributed by atoms with van der Waals surface area (Å²) >= 11 is 0. The highest BCUT2D eigenvalue weighted by Crippen LogP contribution is 2.23. The Morgan fingerprint density at radius 1 is 1.00 bits per heavy atom. The molecule has 5 heteroatoms. The quantitative estimate of drug-likeness (QED) is 0.733. The lowest BCUT2D eigenvalue weighted by atomic mass is 10.2. The average Bonchev–Trinajstić information content (AvgIpc) is 2.66. The molecular weight excluding hydrogens is 312 g/mol. The van der Waals surface area contributed by atoms with E-state index in [-0.39, 0.29) is 0 Å². The van der Waals surface area contributed by atoms with Crippen LogP contribution in [0.3, 0.4) is 0 Å². The molecule has 0 bridgehead atoms. The molecule has 0 saturated heterocycles. The lowest BCUT2D eigenvalue weighted by molar-refractivity contribution is 0.410. The molecule has 0 aliphatic heterocycles. The summed E-state index contributed by atoms with van der Waals surface area (Å²) in [5, 5.41) is 3.29. The van der Waals surface area contributed by atoms with E-state index in [9.17, 15) is 0 Å². The summed E-state index contributed by atoms with van der Waals surface area (Å²) in [4.78, 5) is 11.2. The van der Waals surface area contributed by atoms with Crippen molar-refractivity contribution in [2.24, 2.45) is 0 Å². The number of hydrogen-bond donors (Lipinski definition) is 1. The number of anilines is 3. The van der Waals surface area contributed by atoms with E-state index in [2.05, 4.69) is 27.4 Å². The van der Waals surface area contributed by atoms with Gasteiger partial charge >= 0.3 is 0 Å². The van der Waals surface area contributed by atoms with Crippen molar-refractivity contribution in [2.75, 3.05) is 24.4 Å². The number of aryl methyl sites for hydroxylation is 1. The van der Waals surface area contributed by atoms with Crippen LogP contribution in [0.15, 0.2) is 60.7 Å². The van der Waals surface area contributed by atoms with Crippen LogP contribution in [-0.4, -0.2) is 24.1 Å². The molecule has 0 saturated carbocycles. The van der Waals surface area contributed by atoms with Crippen molar-refractivity contribution < 1.29 is 4.74 Å². The van der Waals surface area contributed by atoms with Gasteiger partial charge in [-0.2, -0.15) is 4.98 Å². The molecule has 0 aliphatic rings. The highest BCUT2D eigenvalue weighted by atomic mass is 16.5. The third kappa shape index (κ3) is 4.07. The topological polar surface area (TPSA) is 50.3 Å². The van der Waals surface area contributed by atoms with Gasteiger partial charge in [-0.25, -0.2) is 4.98 Å². The summed E-state index contributed by atoms with van der Waals surface area (Å²) < 4.78 is 5.39. The second-order valence-electron chi connectivity index (χ2n) is 5.75. The molecule has 128 valence electrons. The molecule has 3 rings (SSSR count). The highest BCUT2D eigenvalue weighted by molar-refractivity contribution is 5.60. The summed E-state index contributed by atoms with van der Waals surface area (Å²) in [7, 11) is 3.68. The molecule has 25 heavy (non-hydrogen) atoms. The Bertz CT molecular complexity index is 836. The summed E-state index contributed by atoms with van der Waals surface area (Å²) in [5.74, 6) is 2.30. The average molecular weight is 334 g/mol. The first-order chi connectivity index (χ1) is 12.2. The van der Waals surface area contributed by atoms with E-state index in [1.807, 2.05) is 67.4 Å². The maximum Gasteiger partial charge on any atom is 0.225 e. The fourth-order valence-corrected chi connectivity index (χ4v) is 2.61. The zero-order valence-corrected chi connectivity index (χ0v) is 14.7. The van der Waals surface area contributed by atoms with Crippen LogP contribution in [0.2, 0.25) is 0 Å². The van der Waals surface area contributed by atoms with E-state index in [1.165, 1.54) is 0 Å². The fraction of sp³-hybridized carbons (Fsp3) is 0.200. The van der Waals surface area contributed by atoms with Crippen LogP contribution in [0, 0.1) is 6.92 Å². The normalized spacial score (nSPS) is 10.4. The Balaban J connectivity index is 1.80. The molecule has 0 spiro atoms. The minimum Gasteiger partial charge on any atom is -0.496 e. The standard InChI is InChI=1S/C20H22N4O/c1-15-13-19(24(2)17-10-5-4-6-11-17)23-20(22-15)21-14-16-9-7-8-12-18(16)25-3/h4-13H,14H2,1-3H3,(H,21,22,23). The lowest BCUT2D eigenvalue weighted by Crippen LogP contribution is -2.14. The molecule has 0 fully saturated rings. The molecule has 1 heterocycles. The van der Waals surface area contributed by atoms with E-state index in [1.54, 1.807) is 7.11 Å². The first-order valence-electron chi connectivity index (χ1n) is 8.17. The molecule has 2 aromatic carbocycles. The van der Waals surface area contributed by atoms with Gasteiger partial charge in [0.1, 0.15) is 11.6 Å². The van der Waals surface area contributed by atoms with Crippen molar-refractivity contribution >= 4 is 17.5 Å². The van der Waals surface area contributed by atoms with E-state index in [4.69, 9.17) is 4.74 Å². The van der Waals surface area contributed by atoms with E-state index in [0.29, 0.717) is 12.5 Å². The van der Waals surface area contributed by atoms with Crippen LogP contribution in [0.4, 0.5) is 17.5 Å². The van der Waals surface area contributed by atoms with Crippen molar-refractivity contribution in [2.45, 2.75) is 13.5 Å². The monoisotopic (exact) mass is 334 g/mol. The van der Waals surface area contributed by atoms with Gasteiger partial charge in [-0.3, -0.25) is 0 Å². The fourth-order valence-electron chi connectivity index (χ4n) is 2.61. The van der Waals surface area contributed by atoms with Gasteiger partial charge in [0.15, 0.2) is 0 Å². The van der Waals surface area contributed by atoms with Gasteiger partial charge < -0.3 is 15.0 Å². The number of para-hydroxylation sites is 2. The van der Waals surface area contributed by atoms with Crippen LogP contribution in [0.1, 0.15) is 11.3 Å². The van der Waals surface area contributed by atoms with Crippen molar-refractivity contribution in [1.82, 2.24) is 9.97 Å². The molecule has 3 aromatic rings. The second-order valence-corrected chi connectivity index (χ2v) is 5.75. The first kappa shape index (κ1) is 16.8. The lowest BCUT2D eigenvalue weighted by Gasteiger charge is -2.19. The number of methoxy groups -OCH3 is 1. The highest BCUT2D eigenvalue weighted by Gasteiger charge is 2.09. The Morgan fingerprint density at radius 3 is 2.48 bits per heavy atom. The van der Waals surface area contributed by atoms with Gasteiger partial charge in [-0.15, -0.1) is 0 Å². The van der Waals surface area contributed by atoms with Crippen molar-refractivity contribution in [3.63, 3.8) is 0 Å². The third-order valence-electron chi connectivity index (χ3n) is 3.96. The number of ether oxygens (including phenoxy) is 1.